The van der Waals surface area contributed by atoms with Crippen LogP contribution in [0.3, 0.4) is 0 Å². The van der Waals surface area contributed by atoms with Crippen molar-refractivity contribution >= 4 is 28.3 Å². The number of nitrogens with zero attached hydrogens (tertiary/aromatic N) is 2. The molecule has 150 valence electrons. The number of nitrogens with one attached hydrogen (secondary N) is 2. The highest BCUT2D eigenvalue weighted by atomic mass is 16.2. The van der Waals surface area contributed by atoms with Gasteiger partial charge in [-0.15, -0.1) is 0 Å². The van der Waals surface area contributed by atoms with E-state index in [0.717, 1.165) is 55.6 Å². The Labute approximate surface area is 166 Å². The van der Waals surface area contributed by atoms with Crippen LogP contribution in [0.5, 0.6) is 0 Å². The van der Waals surface area contributed by atoms with Crippen LogP contribution in [-0.2, 0) is 9.59 Å². The van der Waals surface area contributed by atoms with Crippen LogP contribution < -0.4 is 10.6 Å². The van der Waals surface area contributed by atoms with Gasteiger partial charge in [0, 0.05) is 38.4 Å². The Balaban J connectivity index is 1.49. The zero-order valence-corrected chi connectivity index (χ0v) is 16.8. The smallest absolute Gasteiger partial charge is 0.241 e. The van der Waals surface area contributed by atoms with Gasteiger partial charge in [0.2, 0.25) is 11.8 Å². The Hall–Kier alpha value is -2.44. The van der Waals surface area contributed by atoms with Crippen molar-refractivity contribution in [3.8, 4) is 0 Å². The maximum absolute atomic E-state index is 12.7. The lowest BCUT2D eigenvalue weighted by atomic mass is 10.1. The van der Waals surface area contributed by atoms with E-state index in [2.05, 4.69) is 26.5 Å². The zero-order valence-electron chi connectivity index (χ0n) is 16.8. The van der Waals surface area contributed by atoms with Gasteiger partial charge in [0.25, 0.3) is 0 Å². The summed E-state index contributed by atoms with van der Waals surface area (Å²) in [4.78, 5) is 28.9. The quantitative estimate of drug-likeness (QED) is 0.771. The number of hydrogen-bond acceptors (Lipinski definition) is 4. The number of carbonyl (C=O) groups is 2. The molecule has 1 fully saturated rings. The van der Waals surface area contributed by atoms with Crippen LogP contribution in [0.4, 0.5) is 5.69 Å². The molecule has 0 spiro atoms. The maximum Gasteiger partial charge on any atom is 0.241 e. The predicted molar refractivity (Wildman–Crippen MR) is 113 cm³/mol. The molecular weight excluding hydrogens is 352 g/mol. The largest absolute Gasteiger partial charge is 0.355 e. The van der Waals surface area contributed by atoms with Crippen LogP contribution in [0.1, 0.15) is 20.3 Å². The molecule has 1 saturated heterocycles. The molecule has 1 heterocycles. The first kappa shape index (κ1) is 20.3. The maximum atomic E-state index is 12.7. The van der Waals surface area contributed by atoms with E-state index in [0.29, 0.717) is 6.54 Å². The monoisotopic (exact) mass is 382 g/mol. The van der Waals surface area contributed by atoms with Gasteiger partial charge in [0.15, 0.2) is 0 Å². The van der Waals surface area contributed by atoms with E-state index >= 15 is 0 Å². The molecular formula is C22H30N4O2. The molecule has 6 heteroatoms. The Bertz CT molecular complexity index is 815. The molecule has 2 amide bonds. The predicted octanol–water partition coefficient (Wildman–Crippen LogP) is 2.31. The molecule has 0 saturated carbocycles. The lowest BCUT2D eigenvalue weighted by Gasteiger charge is -2.37. The van der Waals surface area contributed by atoms with Gasteiger partial charge in [-0.1, -0.05) is 37.3 Å². The van der Waals surface area contributed by atoms with Gasteiger partial charge in [-0.05, 0) is 36.2 Å². The standard InChI is InChI=1S/C22H30N4O2/c1-3-10-23-21(27)16-25-11-13-26(14-12-25)17(2)22(28)24-20-9-8-18-6-4-5-7-19(18)15-20/h4-9,15,17H,3,10-14,16H2,1-2H3,(H,23,27)(H,24,28)/t17-/m1/s1. The number of amides is 2. The minimum atomic E-state index is -0.206. The van der Waals surface area contributed by atoms with Crippen LogP contribution in [0, 0.1) is 0 Å². The van der Waals surface area contributed by atoms with Gasteiger partial charge in [-0.2, -0.15) is 0 Å². The Morgan fingerprint density at radius 1 is 1.04 bits per heavy atom. The molecule has 0 bridgehead atoms. The van der Waals surface area contributed by atoms with Crippen molar-refractivity contribution in [3.63, 3.8) is 0 Å². The van der Waals surface area contributed by atoms with Crippen LogP contribution in [0.2, 0.25) is 0 Å². The highest BCUT2D eigenvalue weighted by Crippen LogP contribution is 2.19. The molecule has 1 atom stereocenters. The number of carbonyl (C=O) groups excluding carboxylic acids is 2. The van der Waals surface area contributed by atoms with E-state index in [1.54, 1.807) is 0 Å². The third-order valence-electron chi connectivity index (χ3n) is 5.29. The molecule has 28 heavy (non-hydrogen) atoms. The molecule has 6 nitrogen and oxygen atoms in total. The summed E-state index contributed by atoms with van der Waals surface area (Å²) in [7, 11) is 0. The second kappa shape index (κ2) is 9.66. The summed E-state index contributed by atoms with van der Waals surface area (Å²) in [5, 5.41) is 8.23. The SMILES string of the molecule is CCCNC(=O)CN1CCN([C@H](C)C(=O)Nc2ccc3ccccc3c2)CC1. The Morgan fingerprint density at radius 3 is 2.46 bits per heavy atom. The number of benzene rings is 2. The van der Waals surface area contributed by atoms with E-state index in [1.165, 1.54) is 0 Å². The van der Waals surface area contributed by atoms with E-state index in [4.69, 9.17) is 0 Å². The molecule has 2 N–H and O–H groups in total. The van der Waals surface area contributed by atoms with Crippen molar-refractivity contribution < 1.29 is 9.59 Å². The van der Waals surface area contributed by atoms with Crippen LogP contribution >= 0.6 is 0 Å². The van der Waals surface area contributed by atoms with Gasteiger partial charge in [0.1, 0.15) is 0 Å². The highest BCUT2D eigenvalue weighted by Gasteiger charge is 2.26. The summed E-state index contributed by atoms with van der Waals surface area (Å²) in [6.45, 7) is 8.32. The molecule has 1 aliphatic rings. The summed E-state index contributed by atoms with van der Waals surface area (Å²) >= 11 is 0. The van der Waals surface area contributed by atoms with Gasteiger partial charge >= 0.3 is 0 Å². The van der Waals surface area contributed by atoms with Crippen LogP contribution in [0.25, 0.3) is 10.8 Å². The Kier molecular flexibility index (Phi) is 7.01. The van der Waals surface area contributed by atoms with Gasteiger partial charge in [-0.25, -0.2) is 0 Å². The van der Waals surface area contributed by atoms with Crippen molar-refractivity contribution in [2.24, 2.45) is 0 Å². The number of piperazine rings is 1. The lowest BCUT2D eigenvalue weighted by molar-refractivity contribution is -0.124. The minimum absolute atomic E-state index is 0.00409. The number of rotatable bonds is 7. The second-order valence-corrected chi connectivity index (χ2v) is 7.39. The lowest BCUT2D eigenvalue weighted by Crippen LogP contribution is -2.54. The first-order valence-electron chi connectivity index (χ1n) is 10.1. The number of anilines is 1. The average Bonchev–Trinajstić information content (AvgIpc) is 2.72. The third kappa shape index (κ3) is 5.30. The van der Waals surface area contributed by atoms with Crippen molar-refractivity contribution in [2.75, 3.05) is 44.6 Å². The fourth-order valence-electron chi connectivity index (χ4n) is 3.51. The molecule has 0 unspecified atom stereocenters. The minimum Gasteiger partial charge on any atom is -0.355 e. The highest BCUT2D eigenvalue weighted by molar-refractivity contribution is 5.97. The summed E-state index contributed by atoms with van der Waals surface area (Å²) in [6.07, 6.45) is 0.948. The van der Waals surface area contributed by atoms with Crippen molar-refractivity contribution in [2.45, 2.75) is 26.3 Å². The van der Waals surface area contributed by atoms with Crippen LogP contribution in [-0.4, -0.2) is 66.9 Å². The molecule has 2 aromatic carbocycles. The first-order valence-corrected chi connectivity index (χ1v) is 10.1. The van der Waals surface area contributed by atoms with Crippen molar-refractivity contribution in [1.29, 1.82) is 0 Å². The first-order chi connectivity index (χ1) is 13.6. The normalized spacial score (nSPS) is 16.6. The summed E-state index contributed by atoms with van der Waals surface area (Å²) in [5.41, 5.74) is 0.821. The third-order valence-corrected chi connectivity index (χ3v) is 5.29. The summed E-state index contributed by atoms with van der Waals surface area (Å²) in [5.74, 6) is 0.0850. The summed E-state index contributed by atoms with van der Waals surface area (Å²) in [6, 6.07) is 13.9. The average molecular weight is 383 g/mol. The van der Waals surface area contributed by atoms with E-state index in [1.807, 2.05) is 50.2 Å². The van der Waals surface area contributed by atoms with E-state index < -0.39 is 0 Å². The number of fused-ring (bicyclic) bond motifs is 1. The fraction of sp³-hybridized carbons (Fsp3) is 0.455. The molecule has 2 aromatic rings. The fourth-order valence-corrected chi connectivity index (χ4v) is 3.51. The molecule has 1 aliphatic heterocycles. The molecule has 0 aromatic heterocycles. The van der Waals surface area contributed by atoms with Crippen molar-refractivity contribution in [1.82, 2.24) is 15.1 Å². The van der Waals surface area contributed by atoms with Crippen molar-refractivity contribution in [3.05, 3.63) is 42.5 Å². The van der Waals surface area contributed by atoms with Gasteiger partial charge in [0.05, 0.1) is 12.6 Å². The molecule has 0 radical (unpaired) electrons. The van der Waals surface area contributed by atoms with Gasteiger partial charge in [-0.3, -0.25) is 19.4 Å². The van der Waals surface area contributed by atoms with Crippen LogP contribution in [0.15, 0.2) is 42.5 Å². The summed E-state index contributed by atoms with van der Waals surface area (Å²) < 4.78 is 0. The second-order valence-electron chi connectivity index (χ2n) is 7.39. The molecule has 3 rings (SSSR count). The van der Waals surface area contributed by atoms with E-state index in [-0.39, 0.29) is 17.9 Å². The topological polar surface area (TPSA) is 64.7 Å². The van der Waals surface area contributed by atoms with E-state index in [9.17, 15) is 9.59 Å². The number of hydrogen-bond donors (Lipinski definition) is 2. The zero-order chi connectivity index (χ0) is 19.9. The van der Waals surface area contributed by atoms with Gasteiger partial charge < -0.3 is 10.6 Å². The Morgan fingerprint density at radius 2 is 1.75 bits per heavy atom. The molecule has 0 aliphatic carbocycles.